The molecule has 5 heteroatoms. The number of rotatable bonds is 2. The monoisotopic (exact) mass is 248 g/mol. The zero-order valence-corrected chi connectivity index (χ0v) is 10.4. The SMILES string of the molecule is CSc1nc(O)c(C)c(=O)n1-c1ccccc1. The third kappa shape index (κ3) is 2.06. The lowest BCUT2D eigenvalue weighted by molar-refractivity contribution is 0.435. The summed E-state index contributed by atoms with van der Waals surface area (Å²) in [5.74, 6) is -0.202. The molecule has 0 saturated carbocycles. The van der Waals surface area contributed by atoms with Gasteiger partial charge in [0.15, 0.2) is 5.16 Å². The molecule has 88 valence electrons. The molecule has 0 fully saturated rings. The lowest BCUT2D eigenvalue weighted by Crippen LogP contribution is -2.23. The first-order chi connectivity index (χ1) is 8.15. The van der Waals surface area contributed by atoms with Gasteiger partial charge in [-0.15, -0.1) is 0 Å². The molecule has 0 aliphatic carbocycles. The normalized spacial score (nSPS) is 10.5. The van der Waals surface area contributed by atoms with Crippen LogP contribution in [-0.2, 0) is 0 Å². The predicted molar refractivity (Wildman–Crippen MR) is 68.0 cm³/mol. The maximum Gasteiger partial charge on any atom is 0.265 e. The summed E-state index contributed by atoms with van der Waals surface area (Å²) in [6, 6.07) is 9.26. The van der Waals surface area contributed by atoms with Crippen molar-refractivity contribution in [1.29, 1.82) is 0 Å². The van der Waals surface area contributed by atoms with Gasteiger partial charge in [-0.1, -0.05) is 30.0 Å². The highest BCUT2D eigenvalue weighted by molar-refractivity contribution is 7.98. The summed E-state index contributed by atoms with van der Waals surface area (Å²) in [5.41, 5.74) is 0.761. The van der Waals surface area contributed by atoms with Crippen LogP contribution in [0.2, 0.25) is 0 Å². The molecule has 0 atom stereocenters. The van der Waals surface area contributed by atoms with Crippen LogP contribution in [0.15, 0.2) is 40.3 Å². The smallest absolute Gasteiger partial charge is 0.265 e. The van der Waals surface area contributed by atoms with Crippen molar-refractivity contribution >= 4 is 11.8 Å². The second-order valence-electron chi connectivity index (χ2n) is 3.52. The van der Waals surface area contributed by atoms with Crippen LogP contribution >= 0.6 is 11.8 Å². The summed E-state index contributed by atoms with van der Waals surface area (Å²) >= 11 is 1.32. The first-order valence-electron chi connectivity index (χ1n) is 5.07. The van der Waals surface area contributed by atoms with Crippen LogP contribution < -0.4 is 5.56 Å². The molecule has 0 radical (unpaired) electrons. The van der Waals surface area contributed by atoms with Crippen molar-refractivity contribution in [2.75, 3.05) is 6.26 Å². The topological polar surface area (TPSA) is 55.1 Å². The minimum absolute atomic E-state index is 0.202. The standard InChI is InChI=1S/C12H12N2O2S/c1-8-10(15)13-12(17-2)14(11(8)16)9-6-4-3-5-7-9/h3-7,15H,1-2H3. The summed E-state index contributed by atoms with van der Waals surface area (Å²) in [5, 5.41) is 10.0. The number of aromatic hydroxyl groups is 1. The first kappa shape index (κ1) is 11.7. The van der Waals surface area contributed by atoms with E-state index in [9.17, 15) is 9.90 Å². The molecule has 2 aromatic rings. The van der Waals surface area contributed by atoms with Crippen LogP contribution in [0, 0.1) is 6.92 Å². The molecule has 0 unspecified atom stereocenters. The minimum Gasteiger partial charge on any atom is -0.493 e. The van der Waals surface area contributed by atoms with E-state index in [4.69, 9.17) is 0 Å². The van der Waals surface area contributed by atoms with Gasteiger partial charge in [0.25, 0.3) is 5.56 Å². The van der Waals surface area contributed by atoms with Gasteiger partial charge in [0, 0.05) is 0 Å². The number of hydrogen-bond donors (Lipinski definition) is 1. The van der Waals surface area contributed by atoms with E-state index in [0.29, 0.717) is 5.16 Å². The van der Waals surface area contributed by atoms with Gasteiger partial charge in [0.2, 0.25) is 5.88 Å². The van der Waals surface area contributed by atoms with Crippen molar-refractivity contribution in [3.05, 3.63) is 46.2 Å². The summed E-state index contributed by atoms with van der Waals surface area (Å²) in [7, 11) is 0. The van der Waals surface area contributed by atoms with Crippen molar-refractivity contribution in [3.63, 3.8) is 0 Å². The molecule has 4 nitrogen and oxygen atoms in total. The second-order valence-corrected chi connectivity index (χ2v) is 4.30. The highest BCUT2D eigenvalue weighted by Gasteiger charge is 2.13. The summed E-state index contributed by atoms with van der Waals surface area (Å²) < 4.78 is 1.50. The van der Waals surface area contributed by atoms with E-state index in [2.05, 4.69) is 4.98 Å². The van der Waals surface area contributed by atoms with Gasteiger partial charge in [-0.3, -0.25) is 9.36 Å². The van der Waals surface area contributed by atoms with Crippen molar-refractivity contribution < 1.29 is 5.11 Å². The third-order valence-corrected chi connectivity index (χ3v) is 3.09. The molecule has 0 aliphatic rings. The fourth-order valence-electron chi connectivity index (χ4n) is 1.52. The van der Waals surface area contributed by atoms with Gasteiger partial charge >= 0.3 is 0 Å². The van der Waals surface area contributed by atoms with Crippen LogP contribution in [-0.4, -0.2) is 20.9 Å². The number of hydrogen-bond acceptors (Lipinski definition) is 4. The van der Waals surface area contributed by atoms with Crippen molar-refractivity contribution in [1.82, 2.24) is 9.55 Å². The van der Waals surface area contributed by atoms with Gasteiger partial charge in [0.05, 0.1) is 11.3 Å². The number of thioether (sulfide) groups is 1. The van der Waals surface area contributed by atoms with E-state index in [1.807, 2.05) is 36.6 Å². The molecule has 0 saturated heterocycles. The number of aromatic nitrogens is 2. The molecule has 0 bridgehead atoms. The van der Waals surface area contributed by atoms with E-state index >= 15 is 0 Å². The largest absolute Gasteiger partial charge is 0.493 e. The number of nitrogens with zero attached hydrogens (tertiary/aromatic N) is 2. The van der Waals surface area contributed by atoms with Gasteiger partial charge in [0.1, 0.15) is 0 Å². The molecule has 0 aliphatic heterocycles. The van der Waals surface area contributed by atoms with E-state index in [1.165, 1.54) is 16.3 Å². The minimum atomic E-state index is -0.243. The number of para-hydroxylation sites is 1. The molecular weight excluding hydrogens is 236 g/mol. The second kappa shape index (κ2) is 4.63. The maximum absolute atomic E-state index is 12.1. The predicted octanol–water partition coefficient (Wildman–Crippen LogP) is 1.97. The third-order valence-electron chi connectivity index (χ3n) is 2.45. The molecule has 1 N–H and O–H groups in total. The highest BCUT2D eigenvalue weighted by atomic mass is 32.2. The molecule has 1 aromatic carbocycles. The Hall–Kier alpha value is -1.75. The summed E-state index contributed by atoms with van der Waals surface area (Å²) in [6.45, 7) is 1.56. The van der Waals surface area contributed by atoms with E-state index in [0.717, 1.165) is 5.69 Å². The van der Waals surface area contributed by atoms with E-state index in [1.54, 1.807) is 6.92 Å². The fraction of sp³-hybridized carbons (Fsp3) is 0.167. The zero-order chi connectivity index (χ0) is 12.4. The van der Waals surface area contributed by atoms with Gasteiger partial charge < -0.3 is 5.11 Å². The summed E-state index contributed by atoms with van der Waals surface area (Å²) in [6.07, 6.45) is 1.82. The van der Waals surface area contributed by atoms with Crippen LogP contribution in [0.5, 0.6) is 5.88 Å². The maximum atomic E-state index is 12.1. The number of benzene rings is 1. The van der Waals surface area contributed by atoms with E-state index < -0.39 is 0 Å². The molecule has 1 heterocycles. The fourth-order valence-corrected chi connectivity index (χ4v) is 2.07. The van der Waals surface area contributed by atoms with E-state index in [-0.39, 0.29) is 17.0 Å². The Kier molecular flexibility index (Phi) is 3.19. The van der Waals surface area contributed by atoms with Gasteiger partial charge in [-0.25, -0.2) is 0 Å². The Bertz CT molecular complexity index is 593. The Balaban J connectivity index is 2.77. The average Bonchev–Trinajstić information content (AvgIpc) is 2.36. The lowest BCUT2D eigenvalue weighted by Gasteiger charge is -2.11. The highest BCUT2D eigenvalue weighted by Crippen LogP contribution is 2.19. The van der Waals surface area contributed by atoms with Crippen molar-refractivity contribution in [3.8, 4) is 11.6 Å². The average molecular weight is 248 g/mol. The lowest BCUT2D eigenvalue weighted by atomic mass is 10.3. The molecule has 17 heavy (non-hydrogen) atoms. The summed E-state index contributed by atoms with van der Waals surface area (Å²) in [4.78, 5) is 16.1. The van der Waals surface area contributed by atoms with Crippen LogP contribution in [0.4, 0.5) is 0 Å². The first-order valence-corrected chi connectivity index (χ1v) is 6.29. The quantitative estimate of drug-likeness (QED) is 0.652. The Morgan fingerprint density at radius 3 is 2.53 bits per heavy atom. The van der Waals surface area contributed by atoms with Gasteiger partial charge in [-0.05, 0) is 25.3 Å². The van der Waals surface area contributed by atoms with Crippen LogP contribution in [0.3, 0.4) is 0 Å². The van der Waals surface area contributed by atoms with Gasteiger partial charge in [-0.2, -0.15) is 4.98 Å². The van der Waals surface area contributed by atoms with Crippen molar-refractivity contribution in [2.24, 2.45) is 0 Å². The molecule has 0 amide bonds. The zero-order valence-electron chi connectivity index (χ0n) is 9.54. The van der Waals surface area contributed by atoms with Crippen LogP contribution in [0.1, 0.15) is 5.56 Å². The molecule has 2 rings (SSSR count). The Labute approximate surface area is 103 Å². The molecule has 1 aromatic heterocycles. The van der Waals surface area contributed by atoms with Crippen LogP contribution in [0.25, 0.3) is 5.69 Å². The molecular formula is C12H12N2O2S. The Morgan fingerprint density at radius 1 is 1.29 bits per heavy atom. The molecule has 0 spiro atoms. The Morgan fingerprint density at radius 2 is 1.94 bits per heavy atom. The van der Waals surface area contributed by atoms with Crippen molar-refractivity contribution in [2.45, 2.75) is 12.1 Å².